The molecule has 0 aromatic heterocycles. The van der Waals surface area contributed by atoms with Crippen molar-refractivity contribution in [1.29, 1.82) is 0 Å². The predicted octanol–water partition coefficient (Wildman–Crippen LogP) is 2.49. The third-order valence-electron chi connectivity index (χ3n) is 3.31. The first-order valence-electron chi connectivity index (χ1n) is 6.71. The molecule has 2 aromatic carbocycles. The first-order chi connectivity index (χ1) is 11.3. The molecule has 0 saturated carbocycles. The molecule has 0 heterocycles. The summed E-state index contributed by atoms with van der Waals surface area (Å²) in [4.78, 5) is 21.7. The Bertz CT molecular complexity index is 908. The zero-order valence-electron chi connectivity index (χ0n) is 12.8. The lowest BCUT2D eigenvalue weighted by atomic mass is 10.2. The molecule has 0 bridgehead atoms. The van der Waals surface area contributed by atoms with Gasteiger partial charge in [0.1, 0.15) is 0 Å². The molecule has 8 nitrogen and oxygen atoms in total. The van der Waals surface area contributed by atoms with Crippen molar-refractivity contribution in [1.82, 2.24) is 0 Å². The van der Waals surface area contributed by atoms with Crippen LogP contribution < -0.4 is 4.72 Å². The van der Waals surface area contributed by atoms with Gasteiger partial charge in [-0.15, -0.1) is 0 Å². The molecular weight excluding hydrogens is 336 g/mol. The zero-order chi connectivity index (χ0) is 17.9. The van der Waals surface area contributed by atoms with Crippen LogP contribution in [-0.2, 0) is 14.8 Å². The van der Waals surface area contributed by atoms with Gasteiger partial charge < -0.3 is 4.74 Å². The number of nitro benzene ring substituents is 1. The Morgan fingerprint density at radius 2 is 1.88 bits per heavy atom. The Kier molecular flexibility index (Phi) is 4.84. The number of carbonyl (C=O) groups excluding carboxylic acids is 1. The van der Waals surface area contributed by atoms with Gasteiger partial charge in [0.2, 0.25) is 0 Å². The summed E-state index contributed by atoms with van der Waals surface area (Å²) in [6.07, 6.45) is 0. The summed E-state index contributed by atoms with van der Waals surface area (Å²) in [7, 11) is -2.83. The minimum Gasteiger partial charge on any atom is -0.465 e. The maximum absolute atomic E-state index is 12.5. The van der Waals surface area contributed by atoms with Crippen LogP contribution in [0.5, 0.6) is 0 Å². The maximum atomic E-state index is 12.5. The van der Waals surface area contributed by atoms with Gasteiger partial charge in [-0.2, -0.15) is 0 Å². The van der Waals surface area contributed by atoms with E-state index in [1.54, 1.807) is 0 Å². The molecule has 0 aliphatic heterocycles. The first kappa shape index (κ1) is 17.4. The van der Waals surface area contributed by atoms with E-state index in [2.05, 4.69) is 9.46 Å². The Hall–Kier alpha value is -2.94. The standard InChI is InChI=1S/C15H14N2O6S/c1-10-13(7-4-8-14(10)17(19)20)16-24(21,22)12-6-3-5-11(9-12)15(18)23-2/h3-9,16H,1-2H3. The summed E-state index contributed by atoms with van der Waals surface area (Å²) in [5.74, 6) is -0.668. The van der Waals surface area contributed by atoms with Crippen molar-refractivity contribution in [3.63, 3.8) is 0 Å². The van der Waals surface area contributed by atoms with Crippen LogP contribution in [0.15, 0.2) is 47.4 Å². The molecule has 2 aromatic rings. The van der Waals surface area contributed by atoms with E-state index in [1.807, 2.05) is 0 Å². The Morgan fingerprint density at radius 3 is 2.50 bits per heavy atom. The van der Waals surface area contributed by atoms with Crippen LogP contribution in [0.1, 0.15) is 15.9 Å². The fourth-order valence-corrected chi connectivity index (χ4v) is 3.21. The van der Waals surface area contributed by atoms with E-state index in [0.29, 0.717) is 0 Å². The summed E-state index contributed by atoms with van der Waals surface area (Å²) in [6, 6.07) is 9.38. The molecule has 126 valence electrons. The van der Waals surface area contributed by atoms with Crippen LogP contribution in [-0.4, -0.2) is 26.4 Å². The molecular formula is C15H14N2O6S. The van der Waals surface area contributed by atoms with Gasteiger partial charge in [0.05, 0.1) is 33.7 Å². The Morgan fingerprint density at radius 1 is 1.21 bits per heavy atom. The molecule has 9 heteroatoms. The third kappa shape index (κ3) is 3.51. The van der Waals surface area contributed by atoms with Gasteiger partial charge in [0, 0.05) is 6.07 Å². The van der Waals surface area contributed by atoms with Crippen LogP contribution in [0.3, 0.4) is 0 Å². The molecule has 0 unspecified atom stereocenters. The molecule has 1 N–H and O–H groups in total. The van der Waals surface area contributed by atoms with Crippen molar-refractivity contribution in [2.24, 2.45) is 0 Å². The Balaban J connectivity index is 2.41. The lowest BCUT2D eigenvalue weighted by Gasteiger charge is -2.11. The van der Waals surface area contributed by atoms with Gasteiger partial charge in [-0.05, 0) is 31.2 Å². The largest absolute Gasteiger partial charge is 0.465 e. The van der Waals surface area contributed by atoms with E-state index in [1.165, 1.54) is 56.5 Å². The fraction of sp³-hybridized carbons (Fsp3) is 0.133. The van der Waals surface area contributed by atoms with Gasteiger partial charge in [0.25, 0.3) is 15.7 Å². The summed E-state index contributed by atoms with van der Waals surface area (Å²) < 4.78 is 31.8. The number of methoxy groups -OCH3 is 1. The highest BCUT2D eigenvalue weighted by Crippen LogP contribution is 2.27. The molecule has 0 spiro atoms. The number of nitro groups is 1. The van der Waals surface area contributed by atoms with E-state index in [-0.39, 0.29) is 27.4 Å². The van der Waals surface area contributed by atoms with Crippen molar-refractivity contribution >= 4 is 27.4 Å². The quantitative estimate of drug-likeness (QED) is 0.503. The van der Waals surface area contributed by atoms with Gasteiger partial charge in [-0.1, -0.05) is 12.1 Å². The number of benzene rings is 2. The molecule has 0 amide bonds. The number of hydrogen-bond donors (Lipinski definition) is 1. The number of anilines is 1. The molecule has 0 radical (unpaired) electrons. The Labute approximate surface area is 138 Å². The number of rotatable bonds is 5. The monoisotopic (exact) mass is 350 g/mol. The van der Waals surface area contributed by atoms with Crippen LogP contribution in [0.25, 0.3) is 0 Å². The smallest absolute Gasteiger partial charge is 0.337 e. The number of ether oxygens (including phenoxy) is 1. The van der Waals surface area contributed by atoms with Gasteiger partial charge in [0.15, 0.2) is 0 Å². The second-order valence-electron chi connectivity index (χ2n) is 4.83. The highest BCUT2D eigenvalue weighted by Gasteiger charge is 2.20. The van der Waals surface area contributed by atoms with Crippen molar-refractivity contribution in [3.05, 3.63) is 63.7 Å². The van der Waals surface area contributed by atoms with Gasteiger partial charge in [-0.3, -0.25) is 14.8 Å². The molecule has 0 atom stereocenters. The lowest BCUT2D eigenvalue weighted by molar-refractivity contribution is -0.385. The highest BCUT2D eigenvalue weighted by atomic mass is 32.2. The summed E-state index contributed by atoms with van der Waals surface area (Å²) in [5, 5.41) is 10.9. The lowest BCUT2D eigenvalue weighted by Crippen LogP contribution is -2.15. The second-order valence-corrected chi connectivity index (χ2v) is 6.51. The maximum Gasteiger partial charge on any atom is 0.337 e. The summed E-state index contributed by atoms with van der Waals surface area (Å²) >= 11 is 0. The van der Waals surface area contributed by atoms with Crippen molar-refractivity contribution in [2.45, 2.75) is 11.8 Å². The number of nitrogens with one attached hydrogen (secondary N) is 1. The van der Waals surface area contributed by atoms with Gasteiger partial charge >= 0.3 is 5.97 Å². The molecule has 0 aliphatic rings. The third-order valence-corrected chi connectivity index (χ3v) is 4.67. The van der Waals surface area contributed by atoms with Crippen LogP contribution >= 0.6 is 0 Å². The molecule has 2 rings (SSSR count). The van der Waals surface area contributed by atoms with E-state index in [4.69, 9.17) is 0 Å². The van der Waals surface area contributed by atoms with Crippen LogP contribution in [0, 0.1) is 17.0 Å². The molecule has 0 saturated heterocycles. The van der Waals surface area contributed by atoms with Crippen LogP contribution in [0.4, 0.5) is 11.4 Å². The summed E-state index contributed by atoms with van der Waals surface area (Å²) in [5.41, 5.74) is 0.164. The minimum atomic E-state index is -4.02. The number of esters is 1. The topological polar surface area (TPSA) is 116 Å². The average molecular weight is 350 g/mol. The van der Waals surface area contributed by atoms with E-state index in [0.717, 1.165) is 0 Å². The summed E-state index contributed by atoms with van der Waals surface area (Å²) in [6.45, 7) is 1.45. The van der Waals surface area contributed by atoms with Crippen LogP contribution in [0.2, 0.25) is 0 Å². The predicted molar refractivity (Wildman–Crippen MR) is 86.4 cm³/mol. The van der Waals surface area contributed by atoms with E-state index < -0.39 is 20.9 Å². The first-order valence-corrected chi connectivity index (χ1v) is 8.20. The average Bonchev–Trinajstić information content (AvgIpc) is 2.55. The van der Waals surface area contributed by atoms with Gasteiger partial charge in [-0.25, -0.2) is 13.2 Å². The zero-order valence-corrected chi connectivity index (χ0v) is 13.7. The van der Waals surface area contributed by atoms with Crippen molar-refractivity contribution < 1.29 is 22.9 Å². The number of sulfonamides is 1. The van der Waals surface area contributed by atoms with E-state index >= 15 is 0 Å². The molecule has 0 fully saturated rings. The number of nitrogens with zero attached hydrogens (tertiary/aromatic N) is 1. The second kappa shape index (κ2) is 6.67. The number of hydrogen-bond acceptors (Lipinski definition) is 6. The molecule has 24 heavy (non-hydrogen) atoms. The molecule has 0 aliphatic carbocycles. The highest BCUT2D eigenvalue weighted by molar-refractivity contribution is 7.92. The number of carbonyl (C=O) groups is 1. The van der Waals surface area contributed by atoms with Crippen molar-refractivity contribution in [3.8, 4) is 0 Å². The SMILES string of the molecule is COC(=O)c1cccc(S(=O)(=O)Nc2cccc([N+](=O)[O-])c2C)c1. The fourth-order valence-electron chi connectivity index (χ4n) is 2.04. The normalized spacial score (nSPS) is 10.9. The minimum absolute atomic E-state index is 0.0798. The van der Waals surface area contributed by atoms with E-state index in [9.17, 15) is 23.3 Å². The van der Waals surface area contributed by atoms with Crippen molar-refractivity contribution in [2.75, 3.05) is 11.8 Å².